The van der Waals surface area contributed by atoms with Crippen molar-refractivity contribution in [1.29, 1.82) is 0 Å². The molecule has 0 N–H and O–H groups in total. The molecule has 0 spiro atoms. The van der Waals surface area contributed by atoms with Crippen molar-refractivity contribution in [3.8, 4) is 0 Å². The smallest absolute Gasteiger partial charge is 0.226 e. The van der Waals surface area contributed by atoms with Crippen LogP contribution in [0, 0.1) is 5.92 Å². The molecule has 1 amide bonds. The minimum atomic E-state index is -1.27. The van der Waals surface area contributed by atoms with Crippen LogP contribution in [0.25, 0.3) is 0 Å². The average molecular weight is 296 g/mol. The summed E-state index contributed by atoms with van der Waals surface area (Å²) in [5.74, 6) is 0.369. The van der Waals surface area contributed by atoms with E-state index in [1.54, 1.807) is 12.3 Å². The monoisotopic (exact) mass is 296 g/mol. The van der Waals surface area contributed by atoms with Gasteiger partial charge in [0, 0.05) is 12.5 Å². The molecular weight excluding hydrogens is 272 g/mol. The van der Waals surface area contributed by atoms with Gasteiger partial charge < -0.3 is 9.45 Å². The summed E-state index contributed by atoms with van der Waals surface area (Å²) in [5, 5.41) is 0. The Morgan fingerprint density at radius 2 is 2.10 bits per heavy atom. The molecule has 20 heavy (non-hydrogen) atoms. The lowest BCUT2D eigenvalue weighted by Gasteiger charge is -2.51. The number of amides is 1. The Balaban J connectivity index is 2.23. The zero-order valence-electron chi connectivity index (χ0n) is 12.6. The van der Waals surface area contributed by atoms with Crippen LogP contribution in [0.15, 0.2) is 17.1 Å². The Morgan fingerprint density at radius 1 is 1.50 bits per heavy atom. The third kappa shape index (κ3) is 2.79. The second-order valence-corrected chi connectivity index (χ2v) is 8.65. The zero-order valence-corrected chi connectivity index (χ0v) is 13.4. The Morgan fingerprint density at radius 3 is 2.60 bits per heavy atom. The maximum Gasteiger partial charge on any atom is 0.226 e. The molecule has 2 aliphatic heterocycles. The van der Waals surface area contributed by atoms with Gasteiger partial charge in [-0.2, -0.15) is 0 Å². The summed E-state index contributed by atoms with van der Waals surface area (Å²) in [6.07, 6.45) is 7.21. The Kier molecular flexibility index (Phi) is 4.30. The second-order valence-electron chi connectivity index (χ2n) is 6.71. The highest BCUT2D eigenvalue weighted by atomic mass is 32.2. The maximum absolute atomic E-state index is 12.4. The lowest BCUT2D eigenvalue weighted by molar-refractivity contribution is -0.149. The van der Waals surface area contributed by atoms with Crippen LogP contribution >= 0.6 is 0 Å². The molecule has 1 aliphatic carbocycles. The van der Waals surface area contributed by atoms with E-state index in [0.29, 0.717) is 6.54 Å². The molecule has 4 nitrogen and oxygen atoms in total. The van der Waals surface area contributed by atoms with Gasteiger partial charge in [0.25, 0.3) is 0 Å². The summed E-state index contributed by atoms with van der Waals surface area (Å²) in [4.78, 5) is 14.2. The van der Waals surface area contributed by atoms with Crippen LogP contribution in [-0.2, 0) is 16.2 Å². The predicted octanol–water partition coefficient (Wildman–Crippen LogP) is 2.48. The lowest BCUT2D eigenvalue weighted by Crippen LogP contribution is -2.62. The molecule has 0 aromatic rings. The van der Waals surface area contributed by atoms with E-state index in [-0.39, 0.29) is 22.1 Å². The number of hydrogen-bond donors (Lipinski definition) is 0. The molecular formula is C15H24N2O2S. The molecule has 5 heteroatoms. The minimum Gasteiger partial charge on any atom is -0.591 e. The van der Waals surface area contributed by atoms with Gasteiger partial charge in [-0.25, -0.2) is 0 Å². The number of piperidine rings is 2. The van der Waals surface area contributed by atoms with Crippen molar-refractivity contribution in [3.05, 3.63) is 12.7 Å². The summed E-state index contributed by atoms with van der Waals surface area (Å²) in [7, 11) is 0. The topological polar surface area (TPSA) is 55.7 Å². The van der Waals surface area contributed by atoms with E-state index in [4.69, 9.17) is 0 Å². The van der Waals surface area contributed by atoms with Crippen molar-refractivity contribution in [3.63, 3.8) is 0 Å². The first kappa shape index (κ1) is 15.6. The Labute approximate surface area is 124 Å². The number of nitrogens with zero attached hydrogens (tertiary/aromatic N) is 2. The van der Waals surface area contributed by atoms with Gasteiger partial charge in [-0.05, 0) is 46.5 Å². The lowest BCUT2D eigenvalue weighted by atomic mass is 9.70. The first-order chi connectivity index (χ1) is 9.30. The van der Waals surface area contributed by atoms with Crippen LogP contribution in [0.3, 0.4) is 0 Å². The summed E-state index contributed by atoms with van der Waals surface area (Å²) < 4.78 is 16.0. The molecule has 0 unspecified atom stereocenters. The molecule has 1 atom stereocenters. The second kappa shape index (κ2) is 5.53. The fourth-order valence-electron chi connectivity index (χ4n) is 2.98. The molecule has 3 aliphatic rings. The number of hydrogen-bond acceptors (Lipinski definition) is 3. The van der Waals surface area contributed by atoms with Gasteiger partial charge >= 0.3 is 0 Å². The van der Waals surface area contributed by atoms with E-state index in [1.807, 2.05) is 25.7 Å². The summed E-state index contributed by atoms with van der Waals surface area (Å²) >= 11 is -1.27. The molecule has 1 saturated carbocycles. The normalized spacial score (nSPS) is 31.9. The van der Waals surface area contributed by atoms with Crippen LogP contribution in [0.5, 0.6) is 0 Å². The summed E-state index contributed by atoms with van der Waals surface area (Å²) in [6, 6.07) is 0. The molecule has 0 aromatic carbocycles. The van der Waals surface area contributed by atoms with Crippen LogP contribution in [0.4, 0.5) is 0 Å². The number of carbonyl (C=O) groups excluding carboxylic acids is 1. The van der Waals surface area contributed by atoms with Gasteiger partial charge in [0.1, 0.15) is 16.1 Å². The first-order valence-electron chi connectivity index (χ1n) is 7.20. The SMILES string of the molecule is C=CCN1C(=O)C2CCC1(/C=N/[S@+]([O-])C(C)(C)C)CC2. The summed E-state index contributed by atoms with van der Waals surface area (Å²) in [6.45, 7) is 10.0. The standard InChI is InChI=1S/C15H24N2O2S/c1-5-10-17-13(18)12-6-8-15(17,9-7-12)11-16-20(19)14(2,3)4/h5,11-12H,1,6-10H2,2-4H3/b16-11+/t12?,15?,20-/m1/s1. The van der Waals surface area contributed by atoms with Crippen LogP contribution in [-0.4, -0.2) is 38.4 Å². The van der Waals surface area contributed by atoms with Gasteiger partial charge in [0.05, 0.1) is 11.8 Å². The largest absolute Gasteiger partial charge is 0.591 e. The molecule has 0 aromatic heterocycles. The van der Waals surface area contributed by atoms with Crippen molar-refractivity contribution in [1.82, 2.24) is 4.90 Å². The molecule has 2 bridgehead atoms. The van der Waals surface area contributed by atoms with E-state index < -0.39 is 11.4 Å². The Hall–Kier alpha value is -0.810. The van der Waals surface area contributed by atoms with Crippen molar-refractivity contribution >= 4 is 23.5 Å². The number of rotatable bonds is 4. The maximum atomic E-state index is 12.4. The van der Waals surface area contributed by atoms with Gasteiger partial charge in [0.15, 0.2) is 0 Å². The minimum absolute atomic E-state index is 0.165. The van der Waals surface area contributed by atoms with E-state index in [2.05, 4.69) is 11.0 Å². The van der Waals surface area contributed by atoms with Crippen molar-refractivity contribution in [2.24, 2.45) is 10.3 Å². The molecule has 0 radical (unpaired) electrons. The number of fused-ring (bicyclic) bond motifs is 3. The molecule has 2 saturated heterocycles. The van der Waals surface area contributed by atoms with Gasteiger partial charge in [-0.1, -0.05) is 10.5 Å². The summed E-state index contributed by atoms with van der Waals surface area (Å²) in [5.41, 5.74) is -0.346. The average Bonchev–Trinajstić information content (AvgIpc) is 2.40. The fraction of sp³-hybridized carbons (Fsp3) is 0.733. The first-order valence-corrected chi connectivity index (χ1v) is 8.30. The molecule has 2 heterocycles. The third-order valence-electron chi connectivity index (χ3n) is 4.23. The molecule has 3 rings (SSSR count). The predicted molar refractivity (Wildman–Crippen MR) is 83.0 cm³/mol. The van der Waals surface area contributed by atoms with Gasteiger partial charge in [-0.3, -0.25) is 4.79 Å². The van der Waals surface area contributed by atoms with Gasteiger partial charge in [0.2, 0.25) is 5.91 Å². The number of carbonyl (C=O) groups is 1. The fourth-order valence-corrected chi connectivity index (χ4v) is 3.59. The molecule has 3 fully saturated rings. The highest BCUT2D eigenvalue weighted by Crippen LogP contribution is 2.43. The van der Waals surface area contributed by atoms with Gasteiger partial charge in [-0.15, -0.1) is 6.58 Å². The molecule has 112 valence electrons. The van der Waals surface area contributed by atoms with E-state index in [0.717, 1.165) is 25.7 Å². The highest BCUT2D eigenvalue weighted by molar-refractivity contribution is 7.91. The van der Waals surface area contributed by atoms with Crippen molar-refractivity contribution in [2.45, 2.75) is 56.7 Å². The highest BCUT2D eigenvalue weighted by Gasteiger charge is 2.50. The third-order valence-corrected chi connectivity index (χ3v) is 5.57. The quantitative estimate of drug-likeness (QED) is 0.454. The van der Waals surface area contributed by atoms with Crippen LogP contribution in [0.1, 0.15) is 46.5 Å². The van der Waals surface area contributed by atoms with Crippen molar-refractivity contribution in [2.75, 3.05) is 6.54 Å². The van der Waals surface area contributed by atoms with Crippen LogP contribution in [0.2, 0.25) is 0 Å². The Bertz CT molecular complexity index is 420. The van der Waals surface area contributed by atoms with Crippen LogP contribution < -0.4 is 0 Å². The van der Waals surface area contributed by atoms with E-state index in [9.17, 15) is 9.35 Å². The zero-order chi connectivity index (χ0) is 15.0. The van der Waals surface area contributed by atoms with Crippen molar-refractivity contribution < 1.29 is 9.35 Å². The van der Waals surface area contributed by atoms with E-state index in [1.165, 1.54) is 0 Å². The van der Waals surface area contributed by atoms with E-state index >= 15 is 0 Å².